The quantitative estimate of drug-likeness (QED) is 0.0900. The van der Waals surface area contributed by atoms with Crippen LogP contribution in [-0.4, -0.2) is 0 Å². The Morgan fingerprint density at radius 1 is 0.174 bits per heavy atom. The first-order valence-corrected chi connectivity index (χ1v) is 50.7. The highest BCUT2D eigenvalue weighted by Crippen LogP contribution is 2.57. The number of hydrogen-bond acceptors (Lipinski definition) is 3. The standard InChI is InChI=1S/2C45H47N.C39H37N/c1-45(2)43-30-35(32-14-6-3-7-15-32)24-28-41(43)42-29-27-38(31-44(42)45)46(36-18-10-5-11-19-36)37-25-22-34(23-26-37)40-21-13-12-20-39(40)33-16-8-4-9-17-33;1-45(2)42-19-11-9-18-40(42)41-30-29-38(31-43(41)45)46(37-27-25-35(26-28-37)33-15-7-4-8-16-33)44-20-12-10-17-39(44)36-23-21-34(22-24-36)32-13-5-3-6-14-32;1-39(2)36-19-11-9-18-34(36)35-26-25-32(27-37(35)39)40(31-23-21-29(22-24-31)28-13-5-3-6-14-28)38-20-12-10-17-33(38)30-15-7-4-8-16-30/h5,10-13,18-33H,3-4,6-9,14-17H2,1-2H3;9-12,17-33H,3-8,13-16H2,1-2H3;4,7-12,15-28H,3,5-6,13-14H2,1-2H3. The van der Waals surface area contributed by atoms with Gasteiger partial charge in [-0.2, -0.15) is 0 Å². The van der Waals surface area contributed by atoms with E-state index in [0.717, 1.165) is 11.8 Å². The van der Waals surface area contributed by atoms with Crippen LogP contribution in [0.1, 0.15) is 293 Å². The fourth-order valence-electron chi connectivity index (χ4n) is 24.9. The van der Waals surface area contributed by atoms with Crippen LogP contribution in [0.5, 0.6) is 0 Å². The second-order valence-corrected chi connectivity index (χ2v) is 41.3. The summed E-state index contributed by atoms with van der Waals surface area (Å²) in [6, 6.07) is 133. The van der Waals surface area contributed by atoms with Gasteiger partial charge in [-0.1, -0.05) is 393 Å². The summed E-state index contributed by atoms with van der Waals surface area (Å²) < 4.78 is 0. The van der Waals surface area contributed by atoms with Gasteiger partial charge in [-0.25, -0.2) is 0 Å². The third-order valence-corrected chi connectivity index (χ3v) is 32.3. The van der Waals surface area contributed by atoms with Gasteiger partial charge in [0.15, 0.2) is 0 Å². The Kier molecular flexibility index (Phi) is 24.7. The minimum atomic E-state index is -0.0487. The van der Waals surface area contributed by atoms with Crippen molar-refractivity contribution in [1.82, 2.24) is 0 Å². The molecule has 15 aromatic carbocycles. The number of para-hydroxylation sites is 3. The molecule has 0 heterocycles. The van der Waals surface area contributed by atoms with Gasteiger partial charge < -0.3 is 14.7 Å². The van der Waals surface area contributed by atoms with E-state index < -0.39 is 0 Å². The normalized spacial score (nSPS) is 17.2. The lowest BCUT2D eigenvalue weighted by Gasteiger charge is -2.30. The summed E-state index contributed by atoms with van der Waals surface area (Å²) in [4.78, 5) is 7.41. The van der Waals surface area contributed by atoms with E-state index in [4.69, 9.17) is 0 Å². The molecule has 0 bridgehead atoms. The minimum absolute atomic E-state index is 0.0413. The molecule has 0 N–H and O–H groups in total. The lowest BCUT2D eigenvalue weighted by molar-refractivity contribution is 0.443. The van der Waals surface area contributed by atoms with Crippen LogP contribution < -0.4 is 14.7 Å². The SMILES string of the molecule is CC1(C)c2cc(C3CCCCC3)ccc2-c2ccc(N(c3ccccc3)c3ccc(-c4ccccc4C4CCCCC4)cc3)cc21.CC1(C)c2ccccc2-c2ccc(N(c3ccc(C4CCCCC4)cc3)c3ccccc3-c3ccc(C4CCCCC4)cc3)cc21.CC1(C)c2ccccc2-c2ccc(N(c3ccc(C4CCCCC4)cc3)c3ccccc3-c3ccccc3)cc21. The zero-order valence-corrected chi connectivity index (χ0v) is 78.9. The van der Waals surface area contributed by atoms with Crippen LogP contribution in [0.4, 0.5) is 51.2 Å². The van der Waals surface area contributed by atoms with Crippen LogP contribution in [0.3, 0.4) is 0 Å². The predicted molar refractivity (Wildman–Crippen MR) is 562 cm³/mol. The van der Waals surface area contributed by atoms with Crippen molar-refractivity contribution < 1.29 is 0 Å². The van der Waals surface area contributed by atoms with Crippen molar-refractivity contribution in [3.05, 3.63) is 413 Å². The van der Waals surface area contributed by atoms with Crippen molar-refractivity contribution in [3.8, 4) is 66.8 Å². The largest absolute Gasteiger partial charge is 0.310 e. The summed E-state index contributed by atoms with van der Waals surface area (Å²) in [5, 5.41) is 0. The Labute approximate surface area is 788 Å². The molecule has 132 heavy (non-hydrogen) atoms. The molecule has 23 rings (SSSR count). The Morgan fingerprint density at radius 2 is 0.432 bits per heavy atom. The first-order chi connectivity index (χ1) is 64.8. The van der Waals surface area contributed by atoms with Gasteiger partial charge in [-0.05, 0) is 308 Å². The van der Waals surface area contributed by atoms with Crippen LogP contribution >= 0.6 is 0 Å². The molecule has 0 amide bonds. The maximum Gasteiger partial charge on any atom is 0.0540 e. The van der Waals surface area contributed by atoms with Crippen molar-refractivity contribution in [2.45, 2.75) is 248 Å². The fourth-order valence-corrected chi connectivity index (χ4v) is 24.9. The van der Waals surface area contributed by atoms with Gasteiger partial charge in [-0.15, -0.1) is 0 Å². The van der Waals surface area contributed by atoms with Gasteiger partial charge in [-0.3, -0.25) is 0 Å². The summed E-state index contributed by atoms with van der Waals surface area (Å²) in [5.74, 6) is 3.53. The number of rotatable bonds is 17. The first kappa shape index (κ1) is 86.4. The summed E-state index contributed by atoms with van der Waals surface area (Å²) >= 11 is 0. The molecule has 0 saturated heterocycles. The molecule has 0 radical (unpaired) electrons. The Balaban J connectivity index is 0.000000120. The minimum Gasteiger partial charge on any atom is -0.310 e. The topological polar surface area (TPSA) is 9.72 Å². The van der Waals surface area contributed by atoms with E-state index >= 15 is 0 Å². The highest BCUT2D eigenvalue weighted by Gasteiger charge is 2.41. The Morgan fingerprint density at radius 3 is 0.864 bits per heavy atom. The molecule has 15 aromatic rings. The number of fused-ring (bicyclic) bond motifs is 9. The molecule has 0 aliphatic heterocycles. The molecular weight excluding hydrogens is 1590 g/mol. The molecule has 8 aliphatic rings. The predicted octanol–water partition coefficient (Wildman–Crippen LogP) is 37.6. The van der Waals surface area contributed by atoms with Gasteiger partial charge in [0, 0.05) is 67.2 Å². The zero-order valence-electron chi connectivity index (χ0n) is 78.9. The van der Waals surface area contributed by atoms with E-state index in [2.05, 4.69) is 408 Å². The van der Waals surface area contributed by atoms with E-state index in [1.54, 1.807) is 5.56 Å². The van der Waals surface area contributed by atoms with E-state index in [1.807, 2.05) is 0 Å². The Hall–Kier alpha value is -12.3. The van der Waals surface area contributed by atoms with Crippen LogP contribution in [0, 0.1) is 0 Å². The van der Waals surface area contributed by atoms with Gasteiger partial charge in [0.25, 0.3) is 0 Å². The molecule has 0 spiro atoms. The third-order valence-electron chi connectivity index (χ3n) is 32.3. The summed E-state index contributed by atoms with van der Waals surface area (Å²) in [7, 11) is 0. The average Bonchev–Trinajstić information content (AvgIpc) is 1.58. The molecule has 0 unspecified atom stereocenters. The Bertz CT molecular complexity index is 6540. The van der Waals surface area contributed by atoms with E-state index in [1.165, 1.54) is 334 Å². The lowest BCUT2D eigenvalue weighted by atomic mass is 9.79. The molecule has 662 valence electrons. The third kappa shape index (κ3) is 17.0. The second kappa shape index (κ2) is 37.8. The molecule has 5 saturated carbocycles. The van der Waals surface area contributed by atoms with E-state index in [0.29, 0.717) is 17.8 Å². The van der Waals surface area contributed by atoms with E-state index in [9.17, 15) is 0 Å². The first-order valence-electron chi connectivity index (χ1n) is 50.7. The molecule has 5 fully saturated rings. The highest BCUT2D eigenvalue weighted by atomic mass is 15.2. The van der Waals surface area contributed by atoms with Crippen molar-refractivity contribution in [2.24, 2.45) is 0 Å². The van der Waals surface area contributed by atoms with E-state index in [-0.39, 0.29) is 16.2 Å². The van der Waals surface area contributed by atoms with Crippen LogP contribution in [0.2, 0.25) is 0 Å². The molecule has 3 nitrogen and oxygen atoms in total. The fraction of sp³-hybridized carbons (Fsp3) is 0.302. The summed E-state index contributed by atoms with van der Waals surface area (Å²) in [6.07, 6.45) is 33.8. The highest BCUT2D eigenvalue weighted by molar-refractivity contribution is 5.94. The van der Waals surface area contributed by atoms with Crippen molar-refractivity contribution in [1.29, 1.82) is 0 Å². The molecular formula is C129H131N3. The average molecular weight is 1720 g/mol. The van der Waals surface area contributed by atoms with Gasteiger partial charge >= 0.3 is 0 Å². The van der Waals surface area contributed by atoms with Crippen LogP contribution in [-0.2, 0) is 16.2 Å². The zero-order chi connectivity index (χ0) is 89.3. The summed E-state index contributed by atoms with van der Waals surface area (Å²) in [6.45, 7) is 14.3. The maximum atomic E-state index is 2.56. The molecule has 0 atom stereocenters. The van der Waals surface area contributed by atoms with Crippen molar-refractivity contribution >= 4 is 51.2 Å². The van der Waals surface area contributed by atoms with Crippen LogP contribution in [0.25, 0.3) is 66.8 Å². The smallest absolute Gasteiger partial charge is 0.0540 e. The maximum absolute atomic E-state index is 2.56. The number of benzene rings is 15. The molecule has 3 heteroatoms. The second-order valence-electron chi connectivity index (χ2n) is 41.3. The van der Waals surface area contributed by atoms with Gasteiger partial charge in [0.05, 0.1) is 11.4 Å². The van der Waals surface area contributed by atoms with Crippen molar-refractivity contribution in [2.75, 3.05) is 14.7 Å². The summed E-state index contributed by atoms with van der Waals surface area (Å²) in [5.41, 5.74) is 42.9. The number of hydrogen-bond donors (Lipinski definition) is 0. The van der Waals surface area contributed by atoms with Crippen LogP contribution in [0.15, 0.2) is 352 Å². The molecule has 0 aromatic heterocycles. The van der Waals surface area contributed by atoms with Gasteiger partial charge in [0.1, 0.15) is 0 Å². The lowest BCUT2D eigenvalue weighted by Crippen LogP contribution is -2.17. The number of nitrogens with zero attached hydrogens (tertiary/aromatic N) is 3. The number of anilines is 9. The van der Waals surface area contributed by atoms with Crippen molar-refractivity contribution in [3.63, 3.8) is 0 Å². The monoisotopic (exact) mass is 1720 g/mol. The van der Waals surface area contributed by atoms with Gasteiger partial charge in [0.2, 0.25) is 0 Å². The molecule has 8 aliphatic carbocycles.